The molecule has 0 unspecified atom stereocenters. The van der Waals surface area contributed by atoms with Crippen LogP contribution in [0.3, 0.4) is 0 Å². The lowest BCUT2D eigenvalue weighted by molar-refractivity contribution is -0.168. The van der Waals surface area contributed by atoms with E-state index in [0.29, 0.717) is 13.2 Å². The summed E-state index contributed by atoms with van der Waals surface area (Å²) in [5, 5.41) is 0. The van der Waals surface area contributed by atoms with Gasteiger partial charge in [-0.15, -0.1) is 0 Å². The Kier molecular flexibility index (Phi) is 1.47. The number of fused-ring (bicyclic) bond motifs is 1. The summed E-state index contributed by atoms with van der Waals surface area (Å²) < 4.78 is 10.1. The molecule has 0 aromatic rings. The van der Waals surface area contributed by atoms with Gasteiger partial charge in [0, 0.05) is 12.0 Å². The van der Waals surface area contributed by atoms with Gasteiger partial charge in [0.25, 0.3) is 0 Å². The molecular weight excluding hydrogens is 158 g/mol. The molecular formula is C8H13NO3. The first-order chi connectivity index (χ1) is 5.66. The van der Waals surface area contributed by atoms with Crippen LogP contribution in [0.4, 0.5) is 0 Å². The molecule has 0 atom stereocenters. The Morgan fingerprint density at radius 3 is 2.75 bits per heavy atom. The first kappa shape index (κ1) is 8.01. The third-order valence-corrected chi connectivity index (χ3v) is 2.97. The van der Waals surface area contributed by atoms with Gasteiger partial charge in [0.15, 0.2) is 5.60 Å². The lowest BCUT2D eigenvalue weighted by Gasteiger charge is -2.41. The van der Waals surface area contributed by atoms with Crippen LogP contribution in [0.2, 0.25) is 0 Å². The van der Waals surface area contributed by atoms with Gasteiger partial charge in [0.1, 0.15) is 0 Å². The van der Waals surface area contributed by atoms with E-state index < -0.39 is 5.60 Å². The standard InChI is InChI=1S/C8H13NO3/c1-11-6(10)8-2-7(3-8,4-9)5-12-8/h2-5,9H2,1H3. The van der Waals surface area contributed by atoms with Gasteiger partial charge in [-0.25, -0.2) is 4.79 Å². The van der Waals surface area contributed by atoms with Crippen molar-refractivity contribution in [3.63, 3.8) is 0 Å². The molecule has 4 nitrogen and oxygen atoms in total. The second-order valence-corrected chi connectivity index (χ2v) is 3.83. The summed E-state index contributed by atoms with van der Waals surface area (Å²) in [7, 11) is 1.39. The van der Waals surface area contributed by atoms with Crippen molar-refractivity contribution in [2.75, 3.05) is 20.3 Å². The summed E-state index contributed by atoms with van der Waals surface area (Å²) in [6.07, 6.45) is 1.48. The van der Waals surface area contributed by atoms with Gasteiger partial charge in [-0.3, -0.25) is 0 Å². The Morgan fingerprint density at radius 2 is 2.33 bits per heavy atom. The van der Waals surface area contributed by atoms with Gasteiger partial charge in [0.05, 0.1) is 13.7 Å². The average Bonchev–Trinajstić information content (AvgIpc) is 2.57. The molecule has 12 heavy (non-hydrogen) atoms. The van der Waals surface area contributed by atoms with Crippen LogP contribution in [0.15, 0.2) is 0 Å². The number of rotatable bonds is 2. The summed E-state index contributed by atoms with van der Waals surface area (Å²) in [4.78, 5) is 11.2. The van der Waals surface area contributed by atoms with Crippen LogP contribution in [-0.2, 0) is 14.3 Å². The first-order valence-electron chi connectivity index (χ1n) is 4.09. The summed E-state index contributed by atoms with van der Waals surface area (Å²) in [5.74, 6) is -0.246. The summed E-state index contributed by atoms with van der Waals surface area (Å²) >= 11 is 0. The fourth-order valence-corrected chi connectivity index (χ4v) is 2.25. The molecule has 2 heterocycles. The van der Waals surface area contributed by atoms with Crippen LogP contribution in [-0.4, -0.2) is 31.8 Å². The van der Waals surface area contributed by atoms with E-state index in [4.69, 9.17) is 10.5 Å². The number of hydrogen-bond acceptors (Lipinski definition) is 4. The van der Waals surface area contributed by atoms with Crippen LogP contribution < -0.4 is 5.73 Å². The Hall–Kier alpha value is -0.610. The maximum absolute atomic E-state index is 11.2. The van der Waals surface area contributed by atoms with Gasteiger partial charge in [-0.05, 0) is 12.8 Å². The van der Waals surface area contributed by atoms with Gasteiger partial charge >= 0.3 is 5.97 Å². The molecule has 3 aliphatic rings. The number of esters is 1. The minimum absolute atomic E-state index is 0.0776. The molecule has 2 bridgehead atoms. The number of nitrogens with two attached hydrogens (primary N) is 1. The van der Waals surface area contributed by atoms with Gasteiger partial charge in [0.2, 0.25) is 0 Å². The Balaban J connectivity index is 2.09. The molecule has 1 saturated carbocycles. The SMILES string of the molecule is COC(=O)C12CC(CN)(CO1)C2. The lowest BCUT2D eigenvalue weighted by atomic mass is 9.62. The summed E-state index contributed by atoms with van der Waals surface area (Å²) in [5.41, 5.74) is 5.02. The zero-order valence-corrected chi connectivity index (χ0v) is 7.13. The fourth-order valence-electron chi connectivity index (χ4n) is 2.25. The minimum Gasteiger partial charge on any atom is -0.467 e. The van der Waals surface area contributed by atoms with Crippen molar-refractivity contribution < 1.29 is 14.3 Å². The first-order valence-corrected chi connectivity index (χ1v) is 4.09. The van der Waals surface area contributed by atoms with Crippen LogP contribution >= 0.6 is 0 Å². The highest BCUT2D eigenvalue weighted by molar-refractivity contribution is 5.82. The predicted octanol–water partition coefficient (Wildman–Crippen LogP) is -0.333. The summed E-state index contributed by atoms with van der Waals surface area (Å²) in [6.45, 7) is 1.21. The molecule has 2 N–H and O–H groups in total. The normalized spacial score (nSPS) is 43.8. The minimum atomic E-state index is -0.631. The maximum Gasteiger partial charge on any atom is 0.338 e. The van der Waals surface area contributed by atoms with Crippen LogP contribution in [0.25, 0.3) is 0 Å². The van der Waals surface area contributed by atoms with Crippen molar-refractivity contribution in [3.8, 4) is 0 Å². The quantitative estimate of drug-likeness (QED) is 0.578. The van der Waals surface area contributed by atoms with E-state index in [9.17, 15) is 4.79 Å². The fraction of sp³-hybridized carbons (Fsp3) is 0.875. The van der Waals surface area contributed by atoms with Crippen molar-refractivity contribution in [3.05, 3.63) is 0 Å². The van der Waals surface area contributed by atoms with Crippen molar-refractivity contribution in [1.82, 2.24) is 0 Å². The molecule has 3 fully saturated rings. The third kappa shape index (κ3) is 0.765. The monoisotopic (exact) mass is 171 g/mol. The second-order valence-electron chi connectivity index (χ2n) is 3.83. The number of carbonyl (C=O) groups excluding carboxylic acids is 1. The van der Waals surface area contributed by atoms with Gasteiger partial charge in [-0.2, -0.15) is 0 Å². The Morgan fingerprint density at radius 1 is 1.67 bits per heavy atom. The van der Waals surface area contributed by atoms with Crippen LogP contribution in [0, 0.1) is 5.41 Å². The highest BCUT2D eigenvalue weighted by Gasteiger charge is 2.66. The highest BCUT2D eigenvalue weighted by atomic mass is 16.6. The number of ether oxygens (including phenoxy) is 2. The van der Waals surface area contributed by atoms with Crippen molar-refractivity contribution in [2.45, 2.75) is 18.4 Å². The predicted molar refractivity (Wildman–Crippen MR) is 41.4 cm³/mol. The molecule has 68 valence electrons. The van der Waals surface area contributed by atoms with E-state index in [1.807, 2.05) is 0 Å². The molecule has 2 saturated heterocycles. The number of hydrogen-bond donors (Lipinski definition) is 1. The zero-order chi connectivity index (χ0) is 8.82. The molecule has 0 aromatic carbocycles. The van der Waals surface area contributed by atoms with E-state index in [-0.39, 0.29) is 11.4 Å². The van der Waals surface area contributed by atoms with E-state index >= 15 is 0 Å². The zero-order valence-electron chi connectivity index (χ0n) is 7.13. The van der Waals surface area contributed by atoms with Gasteiger partial charge < -0.3 is 15.2 Å². The summed E-state index contributed by atoms with van der Waals surface area (Å²) in [6, 6.07) is 0. The molecule has 4 heteroatoms. The number of methoxy groups -OCH3 is 1. The molecule has 3 rings (SSSR count). The average molecular weight is 171 g/mol. The van der Waals surface area contributed by atoms with Gasteiger partial charge in [-0.1, -0.05) is 0 Å². The molecule has 0 radical (unpaired) electrons. The topological polar surface area (TPSA) is 61.5 Å². The van der Waals surface area contributed by atoms with Crippen LogP contribution in [0.5, 0.6) is 0 Å². The van der Waals surface area contributed by atoms with Crippen molar-refractivity contribution in [1.29, 1.82) is 0 Å². The molecule has 0 spiro atoms. The smallest absolute Gasteiger partial charge is 0.338 e. The second kappa shape index (κ2) is 2.20. The van der Waals surface area contributed by atoms with E-state index in [1.54, 1.807) is 0 Å². The largest absolute Gasteiger partial charge is 0.467 e. The molecule has 1 aliphatic carbocycles. The Bertz CT molecular complexity index is 220. The Labute approximate surface area is 71.0 Å². The molecule has 0 amide bonds. The lowest BCUT2D eigenvalue weighted by Crippen LogP contribution is -2.53. The highest BCUT2D eigenvalue weighted by Crippen LogP contribution is 2.57. The number of carbonyl (C=O) groups is 1. The molecule has 2 aliphatic heterocycles. The van der Waals surface area contributed by atoms with E-state index in [1.165, 1.54) is 7.11 Å². The van der Waals surface area contributed by atoms with Crippen LogP contribution in [0.1, 0.15) is 12.8 Å². The van der Waals surface area contributed by atoms with Crippen molar-refractivity contribution in [2.24, 2.45) is 11.1 Å². The third-order valence-electron chi connectivity index (χ3n) is 2.97. The van der Waals surface area contributed by atoms with Crippen molar-refractivity contribution >= 4 is 5.97 Å². The van der Waals surface area contributed by atoms with E-state index in [2.05, 4.69) is 4.74 Å². The maximum atomic E-state index is 11.2. The molecule has 0 aromatic heterocycles. The van der Waals surface area contributed by atoms with E-state index in [0.717, 1.165) is 12.8 Å².